The van der Waals surface area contributed by atoms with E-state index in [1.807, 2.05) is 6.92 Å². The van der Waals surface area contributed by atoms with Crippen LogP contribution >= 0.6 is 11.6 Å². The molecule has 0 radical (unpaired) electrons. The molecule has 1 aliphatic rings. The van der Waals surface area contributed by atoms with E-state index in [0.29, 0.717) is 17.2 Å². The second-order valence-corrected chi connectivity index (χ2v) is 5.21. The molecule has 7 heteroatoms. The van der Waals surface area contributed by atoms with Gasteiger partial charge in [0.1, 0.15) is 0 Å². The molecule has 1 aliphatic heterocycles. The lowest BCUT2D eigenvalue weighted by Crippen LogP contribution is -2.45. The van der Waals surface area contributed by atoms with Crippen molar-refractivity contribution in [1.82, 2.24) is 5.32 Å². The molecule has 1 N–H and O–H groups in total. The molecule has 2 rings (SSSR count). The summed E-state index contributed by atoms with van der Waals surface area (Å²) in [6.07, 6.45) is 0.132. The van der Waals surface area contributed by atoms with Crippen LogP contribution in [0, 0.1) is 10.1 Å². The maximum Gasteiger partial charge on any atom is 0.276 e. The second kappa shape index (κ2) is 6.99. The van der Waals surface area contributed by atoms with Gasteiger partial charge in [-0.15, -0.1) is 0 Å². The molecule has 1 fully saturated rings. The Hall–Kier alpha value is -1.21. The number of hydrogen-bond acceptors (Lipinski definition) is 5. The number of nitrogens with zero attached hydrogens (tertiary/aromatic N) is 1. The van der Waals surface area contributed by atoms with E-state index in [1.165, 1.54) is 6.07 Å². The smallest absolute Gasteiger partial charge is 0.276 e. The molecule has 0 aromatic heterocycles. The standard InChI is InChI=1S/C13H17ClN2O4/c1-9-5-15-6-12(20-9)8-19-7-10-2-3-11(14)4-13(10)16(17)18/h2-4,9,12,15H,5-8H2,1H3. The SMILES string of the molecule is CC1CNCC(COCc2ccc(Cl)cc2[N+](=O)[O-])O1. The Kier molecular flexibility index (Phi) is 5.31. The van der Waals surface area contributed by atoms with Crippen molar-refractivity contribution in [2.45, 2.75) is 25.7 Å². The van der Waals surface area contributed by atoms with E-state index in [0.717, 1.165) is 13.1 Å². The highest BCUT2D eigenvalue weighted by Gasteiger charge is 2.20. The average molecular weight is 301 g/mol. The predicted octanol–water partition coefficient (Wildman–Crippen LogP) is 2.14. The van der Waals surface area contributed by atoms with E-state index in [4.69, 9.17) is 21.1 Å². The molecule has 0 amide bonds. The first kappa shape index (κ1) is 15.2. The van der Waals surface area contributed by atoms with Crippen molar-refractivity contribution in [2.75, 3.05) is 19.7 Å². The number of hydrogen-bond donors (Lipinski definition) is 1. The molecule has 1 heterocycles. The minimum absolute atomic E-state index is 0.0199. The van der Waals surface area contributed by atoms with Gasteiger partial charge >= 0.3 is 0 Å². The third kappa shape index (κ3) is 4.14. The van der Waals surface area contributed by atoms with Crippen LogP contribution in [0.1, 0.15) is 12.5 Å². The lowest BCUT2D eigenvalue weighted by Gasteiger charge is -2.28. The maximum atomic E-state index is 10.9. The molecule has 1 aromatic carbocycles. The van der Waals surface area contributed by atoms with Crippen LogP contribution in [-0.4, -0.2) is 36.8 Å². The average Bonchev–Trinajstić information content (AvgIpc) is 2.40. The summed E-state index contributed by atoms with van der Waals surface area (Å²) in [6.45, 7) is 4.12. The van der Waals surface area contributed by atoms with Gasteiger partial charge in [0.15, 0.2) is 0 Å². The van der Waals surface area contributed by atoms with Crippen LogP contribution < -0.4 is 5.32 Å². The topological polar surface area (TPSA) is 73.6 Å². The Labute approximate surface area is 122 Å². The highest BCUT2D eigenvalue weighted by Crippen LogP contribution is 2.23. The number of morpholine rings is 1. The van der Waals surface area contributed by atoms with Crippen molar-refractivity contribution in [3.8, 4) is 0 Å². The fraction of sp³-hybridized carbons (Fsp3) is 0.538. The number of nitro groups is 1. The van der Waals surface area contributed by atoms with Gasteiger partial charge in [0.05, 0.1) is 35.9 Å². The molecule has 1 saturated heterocycles. The molecule has 0 saturated carbocycles. The van der Waals surface area contributed by atoms with Gasteiger partial charge in [-0.2, -0.15) is 0 Å². The molecular weight excluding hydrogens is 284 g/mol. The van der Waals surface area contributed by atoms with Crippen molar-refractivity contribution in [3.63, 3.8) is 0 Å². The maximum absolute atomic E-state index is 10.9. The summed E-state index contributed by atoms with van der Waals surface area (Å²) < 4.78 is 11.2. The Morgan fingerprint density at radius 1 is 1.55 bits per heavy atom. The van der Waals surface area contributed by atoms with E-state index in [9.17, 15) is 10.1 Å². The summed E-state index contributed by atoms with van der Waals surface area (Å²) in [6, 6.07) is 4.57. The number of halogens is 1. The summed E-state index contributed by atoms with van der Waals surface area (Å²) in [4.78, 5) is 10.5. The zero-order chi connectivity index (χ0) is 14.5. The largest absolute Gasteiger partial charge is 0.374 e. The Morgan fingerprint density at radius 3 is 3.05 bits per heavy atom. The molecule has 20 heavy (non-hydrogen) atoms. The summed E-state index contributed by atoms with van der Waals surface area (Å²) in [5.74, 6) is 0. The van der Waals surface area contributed by atoms with Gasteiger partial charge in [-0.3, -0.25) is 10.1 Å². The minimum Gasteiger partial charge on any atom is -0.374 e. The Morgan fingerprint density at radius 2 is 2.35 bits per heavy atom. The third-order valence-corrected chi connectivity index (χ3v) is 3.27. The molecule has 0 bridgehead atoms. The van der Waals surface area contributed by atoms with E-state index >= 15 is 0 Å². The Balaban J connectivity index is 1.89. The van der Waals surface area contributed by atoms with Crippen LogP contribution in [0.15, 0.2) is 18.2 Å². The van der Waals surface area contributed by atoms with Crippen LogP contribution in [0.3, 0.4) is 0 Å². The first-order valence-electron chi connectivity index (χ1n) is 6.43. The van der Waals surface area contributed by atoms with Gasteiger partial charge in [0.2, 0.25) is 0 Å². The first-order chi connectivity index (χ1) is 9.56. The molecule has 110 valence electrons. The molecule has 0 spiro atoms. The van der Waals surface area contributed by atoms with Gasteiger partial charge in [0, 0.05) is 24.2 Å². The van der Waals surface area contributed by atoms with Crippen LogP contribution in [0.4, 0.5) is 5.69 Å². The normalized spacial score (nSPS) is 22.7. The highest BCUT2D eigenvalue weighted by atomic mass is 35.5. The van der Waals surface area contributed by atoms with Gasteiger partial charge in [-0.25, -0.2) is 0 Å². The van der Waals surface area contributed by atoms with Crippen molar-refractivity contribution in [3.05, 3.63) is 38.9 Å². The molecule has 1 aromatic rings. The van der Waals surface area contributed by atoms with Crippen molar-refractivity contribution in [1.29, 1.82) is 0 Å². The first-order valence-corrected chi connectivity index (χ1v) is 6.81. The second-order valence-electron chi connectivity index (χ2n) is 4.77. The summed E-state index contributed by atoms with van der Waals surface area (Å²) >= 11 is 5.76. The fourth-order valence-electron chi connectivity index (χ4n) is 2.10. The lowest BCUT2D eigenvalue weighted by atomic mass is 10.2. The van der Waals surface area contributed by atoms with E-state index in [1.54, 1.807) is 12.1 Å². The van der Waals surface area contributed by atoms with Crippen LogP contribution in [-0.2, 0) is 16.1 Å². The number of rotatable bonds is 5. The van der Waals surface area contributed by atoms with E-state index in [-0.39, 0.29) is 24.5 Å². The number of ether oxygens (including phenoxy) is 2. The van der Waals surface area contributed by atoms with Crippen LogP contribution in [0.25, 0.3) is 0 Å². The predicted molar refractivity (Wildman–Crippen MR) is 75.0 cm³/mol. The van der Waals surface area contributed by atoms with Gasteiger partial charge in [-0.1, -0.05) is 11.6 Å². The van der Waals surface area contributed by atoms with Gasteiger partial charge in [0.25, 0.3) is 5.69 Å². The molecule has 0 aliphatic carbocycles. The molecule has 2 unspecified atom stereocenters. The zero-order valence-electron chi connectivity index (χ0n) is 11.2. The van der Waals surface area contributed by atoms with Gasteiger partial charge < -0.3 is 14.8 Å². The van der Waals surface area contributed by atoms with Crippen molar-refractivity contribution >= 4 is 17.3 Å². The van der Waals surface area contributed by atoms with Gasteiger partial charge in [-0.05, 0) is 19.1 Å². The Bertz CT molecular complexity index is 483. The fourth-order valence-corrected chi connectivity index (χ4v) is 2.27. The van der Waals surface area contributed by atoms with E-state index < -0.39 is 4.92 Å². The molecule has 2 atom stereocenters. The molecular formula is C13H17ClN2O4. The third-order valence-electron chi connectivity index (χ3n) is 3.03. The number of nitrogens with one attached hydrogen (secondary N) is 1. The number of nitro benzene ring substituents is 1. The summed E-state index contributed by atoms with van der Waals surface area (Å²) in [7, 11) is 0. The minimum atomic E-state index is -0.453. The number of benzene rings is 1. The lowest BCUT2D eigenvalue weighted by molar-refractivity contribution is -0.386. The van der Waals surface area contributed by atoms with Crippen LogP contribution in [0.5, 0.6) is 0 Å². The quantitative estimate of drug-likeness (QED) is 0.666. The van der Waals surface area contributed by atoms with Crippen molar-refractivity contribution in [2.24, 2.45) is 0 Å². The monoisotopic (exact) mass is 300 g/mol. The summed E-state index contributed by atoms with van der Waals surface area (Å²) in [5, 5.41) is 14.5. The summed E-state index contributed by atoms with van der Waals surface area (Å²) in [5.41, 5.74) is 0.491. The van der Waals surface area contributed by atoms with Crippen LogP contribution in [0.2, 0.25) is 5.02 Å². The molecule has 6 nitrogen and oxygen atoms in total. The van der Waals surface area contributed by atoms with Crippen molar-refractivity contribution < 1.29 is 14.4 Å². The highest BCUT2D eigenvalue weighted by molar-refractivity contribution is 6.30. The zero-order valence-corrected chi connectivity index (χ0v) is 11.9. The van der Waals surface area contributed by atoms with E-state index in [2.05, 4.69) is 5.32 Å².